The summed E-state index contributed by atoms with van der Waals surface area (Å²) < 4.78 is 9.96. The van der Waals surface area contributed by atoms with E-state index >= 15 is 0 Å². The highest BCUT2D eigenvalue weighted by molar-refractivity contribution is 7.08. The zero-order chi connectivity index (χ0) is 18.5. The summed E-state index contributed by atoms with van der Waals surface area (Å²) in [6.45, 7) is 1.78. The number of ether oxygens (including phenoxy) is 1. The van der Waals surface area contributed by atoms with Crippen LogP contribution < -0.4 is 5.32 Å². The molecule has 1 aromatic carbocycles. The van der Waals surface area contributed by atoms with Crippen LogP contribution in [0, 0.1) is 6.92 Å². The predicted molar refractivity (Wildman–Crippen MR) is 97.1 cm³/mol. The van der Waals surface area contributed by atoms with Crippen molar-refractivity contribution in [1.29, 1.82) is 0 Å². The first kappa shape index (κ1) is 17.8. The molecule has 0 bridgehead atoms. The van der Waals surface area contributed by atoms with Gasteiger partial charge in [0.15, 0.2) is 0 Å². The first-order valence-electron chi connectivity index (χ1n) is 7.91. The molecule has 0 saturated heterocycles. The normalized spacial score (nSPS) is 10.5. The maximum Gasteiger partial charge on any atom is 0.340 e. The molecule has 3 aromatic rings. The van der Waals surface area contributed by atoms with Crippen molar-refractivity contribution < 1.29 is 18.8 Å². The van der Waals surface area contributed by atoms with Gasteiger partial charge >= 0.3 is 5.97 Å². The minimum Gasteiger partial charge on any atom is -0.465 e. The van der Waals surface area contributed by atoms with Gasteiger partial charge in [0.1, 0.15) is 0 Å². The highest BCUT2D eigenvalue weighted by atomic mass is 32.1. The highest BCUT2D eigenvalue weighted by Gasteiger charge is 2.17. The van der Waals surface area contributed by atoms with Crippen LogP contribution in [0.2, 0.25) is 0 Å². The van der Waals surface area contributed by atoms with Crippen molar-refractivity contribution in [2.75, 3.05) is 12.4 Å². The summed E-state index contributed by atoms with van der Waals surface area (Å²) >= 11 is 1.55. The van der Waals surface area contributed by atoms with E-state index in [1.165, 1.54) is 7.11 Å². The smallest absolute Gasteiger partial charge is 0.340 e. The van der Waals surface area contributed by atoms with Crippen LogP contribution in [0.5, 0.6) is 0 Å². The van der Waals surface area contributed by atoms with E-state index in [4.69, 9.17) is 9.26 Å². The number of rotatable bonds is 6. The van der Waals surface area contributed by atoms with Crippen molar-refractivity contribution in [1.82, 2.24) is 10.1 Å². The van der Waals surface area contributed by atoms with Crippen LogP contribution in [0.3, 0.4) is 0 Å². The number of hydrogen-bond acceptors (Lipinski definition) is 7. The number of esters is 1. The summed E-state index contributed by atoms with van der Waals surface area (Å²) in [7, 11) is 1.31. The molecule has 2 heterocycles. The van der Waals surface area contributed by atoms with Gasteiger partial charge in [0.05, 0.1) is 18.4 Å². The van der Waals surface area contributed by atoms with Gasteiger partial charge in [0, 0.05) is 23.8 Å². The molecule has 0 saturated carbocycles. The van der Waals surface area contributed by atoms with Crippen LogP contribution in [0.15, 0.2) is 39.5 Å². The van der Waals surface area contributed by atoms with Gasteiger partial charge in [-0.15, -0.1) is 0 Å². The van der Waals surface area contributed by atoms with E-state index < -0.39 is 5.97 Å². The molecule has 0 aliphatic carbocycles. The zero-order valence-corrected chi connectivity index (χ0v) is 15.1. The Morgan fingerprint density at radius 3 is 2.88 bits per heavy atom. The van der Waals surface area contributed by atoms with Crippen LogP contribution in [0.4, 0.5) is 5.69 Å². The fourth-order valence-electron chi connectivity index (χ4n) is 2.44. The topological polar surface area (TPSA) is 94.3 Å². The van der Waals surface area contributed by atoms with Gasteiger partial charge in [-0.05, 0) is 30.0 Å². The number of methoxy groups -OCH3 is 1. The van der Waals surface area contributed by atoms with Gasteiger partial charge in [-0.25, -0.2) is 4.79 Å². The molecular weight excluding hydrogens is 354 g/mol. The van der Waals surface area contributed by atoms with Crippen molar-refractivity contribution in [3.8, 4) is 11.4 Å². The quantitative estimate of drug-likeness (QED) is 0.667. The van der Waals surface area contributed by atoms with Gasteiger partial charge in [0.25, 0.3) is 0 Å². The standard InChI is InChI=1S/C18H17N3O4S/c1-11-4-3-5-13(16(11)18(23)24-2)19-14(22)6-7-15-20-17(21-25-15)12-8-9-26-10-12/h3-5,8-10H,6-7H2,1-2H3,(H,19,22). The number of amides is 1. The average molecular weight is 371 g/mol. The molecule has 7 nitrogen and oxygen atoms in total. The van der Waals surface area contributed by atoms with E-state index in [0.717, 1.165) is 11.1 Å². The molecule has 1 amide bonds. The Balaban J connectivity index is 1.63. The molecule has 0 radical (unpaired) electrons. The molecule has 26 heavy (non-hydrogen) atoms. The van der Waals surface area contributed by atoms with Crippen LogP contribution >= 0.6 is 11.3 Å². The second-order valence-corrected chi connectivity index (χ2v) is 6.34. The lowest BCUT2D eigenvalue weighted by Crippen LogP contribution is -2.16. The largest absolute Gasteiger partial charge is 0.465 e. The third kappa shape index (κ3) is 3.97. The van der Waals surface area contributed by atoms with Gasteiger partial charge in [-0.3, -0.25) is 4.79 Å². The highest BCUT2D eigenvalue weighted by Crippen LogP contribution is 2.21. The lowest BCUT2D eigenvalue weighted by atomic mass is 10.1. The number of anilines is 1. The zero-order valence-electron chi connectivity index (χ0n) is 14.3. The lowest BCUT2D eigenvalue weighted by Gasteiger charge is -2.11. The molecule has 0 unspecified atom stereocenters. The summed E-state index contributed by atoms with van der Waals surface area (Å²) in [6, 6.07) is 7.12. The molecule has 0 spiro atoms. The van der Waals surface area contributed by atoms with Crippen molar-refractivity contribution in [3.05, 3.63) is 52.0 Å². The average Bonchev–Trinajstić information content (AvgIpc) is 3.31. The molecule has 0 aliphatic heterocycles. The summed E-state index contributed by atoms with van der Waals surface area (Å²) in [5.41, 5.74) is 2.39. The van der Waals surface area contributed by atoms with Crippen LogP contribution in [0.1, 0.15) is 28.2 Å². The Morgan fingerprint density at radius 1 is 1.31 bits per heavy atom. The van der Waals surface area contributed by atoms with E-state index in [1.54, 1.807) is 36.5 Å². The molecule has 1 N–H and O–H groups in total. The number of hydrogen-bond donors (Lipinski definition) is 1. The predicted octanol–water partition coefficient (Wildman–Crippen LogP) is 3.46. The van der Waals surface area contributed by atoms with Crippen molar-refractivity contribution in [3.63, 3.8) is 0 Å². The number of carbonyl (C=O) groups excluding carboxylic acids is 2. The van der Waals surface area contributed by atoms with Gasteiger partial charge in [0.2, 0.25) is 17.6 Å². The second-order valence-electron chi connectivity index (χ2n) is 5.56. The number of thiophene rings is 1. The fourth-order valence-corrected chi connectivity index (χ4v) is 3.08. The third-order valence-electron chi connectivity index (χ3n) is 3.75. The van der Waals surface area contributed by atoms with Crippen molar-refractivity contribution in [2.45, 2.75) is 19.8 Å². The number of carbonyl (C=O) groups is 2. The molecule has 8 heteroatoms. The Labute approximate surface area is 154 Å². The first-order chi connectivity index (χ1) is 12.6. The Kier molecular flexibility index (Phi) is 5.43. The van der Waals surface area contributed by atoms with Crippen molar-refractivity contribution >= 4 is 28.9 Å². The minimum absolute atomic E-state index is 0.153. The molecule has 0 atom stereocenters. The maximum atomic E-state index is 12.2. The van der Waals surface area contributed by atoms with Gasteiger partial charge in [-0.1, -0.05) is 17.3 Å². The van der Waals surface area contributed by atoms with Crippen LogP contribution in [-0.2, 0) is 16.0 Å². The summed E-state index contributed by atoms with van der Waals surface area (Å²) in [4.78, 5) is 28.4. The Hall–Kier alpha value is -3.00. The first-order valence-corrected chi connectivity index (χ1v) is 8.85. The molecule has 3 rings (SSSR count). The number of aryl methyl sites for hydroxylation is 2. The van der Waals surface area contributed by atoms with E-state index in [2.05, 4.69) is 15.5 Å². The van der Waals surface area contributed by atoms with Gasteiger partial charge in [-0.2, -0.15) is 16.3 Å². The van der Waals surface area contributed by atoms with Crippen molar-refractivity contribution in [2.24, 2.45) is 0 Å². The molecule has 0 fully saturated rings. The number of benzene rings is 1. The monoisotopic (exact) mass is 371 g/mol. The SMILES string of the molecule is COC(=O)c1c(C)cccc1NC(=O)CCc1nc(-c2ccsc2)no1. The second kappa shape index (κ2) is 7.92. The summed E-state index contributed by atoms with van der Waals surface area (Å²) in [5, 5.41) is 10.5. The molecular formula is C18H17N3O4S. The number of nitrogens with one attached hydrogen (secondary N) is 1. The van der Waals surface area contributed by atoms with Crippen LogP contribution in [0.25, 0.3) is 11.4 Å². The third-order valence-corrected chi connectivity index (χ3v) is 4.43. The Bertz CT molecular complexity index is 918. The minimum atomic E-state index is -0.490. The van der Waals surface area contributed by atoms with Gasteiger partial charge < -0.3 is 14.6 Å². The van der Waals surface area contributed by atoms with E-state index in [0.29, 0.717) is 29.4 Å². The van der Waals surface area contributed by atoms with E-state index in [1.807, 2.05) is 16.8 Å². The number of aromatic nitrogens is 2. The van der Waals surface area contributed by atoms with E-state index in [9.17, 15) is 9.59 Å². The number of nitrogens with zero attached hydrogens (tertiary/aromatic N) is 2. The lowest BCUT2D eigenvalue weighted by molar-refractivity contribution is -0.116. The molecule has 2 aromatic heterocycles. The van der Waals surface area contributed by atoms with E-state index in [-0.39, 0.29) is 12.3 Å². The molecule has 134 valence electrons. The summed E-state index contributed by atoms with van der Waals surface area (Å²) in [5.74, 6) is 0.152. The maximum absolute atomic E-state index is 12.2. The molecule has 0 aliphatic rings. The summed E-state index contributed by atoms with van der Waals surface area (Å²) in [6.07, 6.45) is 0.460. The van der Waals surface area contributed by atoms with Crippen LogP contribution in [-0.4, -0.2) is 29.1 Å². The Morgan fingerprint density at radius 2 is 2.15 bits per heavy atom. The fraction of sp³-hybridized carbons (Fsp3) is 0.222.